The number of piperidine rings is 1. The number of hydrogen-bond acceptors (Lipinski definition) is 7. The van der Waals surface area contributed by atoms with Gasteiger partial charge in [-0.05, 0) is 63.5 Å². The molecule has 2 atom stereocenters. The Balaban J connectivity index is 1.27. The van der Waals surface area contributed by atoms with Crippen molar-refractivity contribution in [3.05, 3.63) is 53.3 Å². The number of rotatable bonds is 8. The summed E-state index contributed by atoms with van der Waals surface area (Å²) in [7, 11) is 0. The normalized spacial score (nSPS) is 20.2. The van der Waals surface area contributed by atoms with Crippen LogP contribution in [0.25, 0.3) is 10.2 Å². The molecule has 0 spiro atoms. The molecule has 0 radical (unpaired) electrons. The second kappa shape index (κ2) is 10.6. The minimum Gasteiger partial charge on any atom is -0.491 e. The van der Waals surface area contributed by atoms with E-state index in [2.05, 4.69) is 15.2 Å². The SMILES string of the molecule is Cc1nc2cc(OC[C@H](O)CN(C3CCNCC3)[C@@H]3CCN(c4ccccc4F)C3=O)ccc2s1. The third-order valence-electron chi connectivity index (χ3n) is 6.83. The number of aliphatic hydroxyl groups is 1. The van der Waals surface area contributed by atoms with E-state index in [1.807, 2.05) is 25.1 Å². The number of anilines is 1. The number of carbonyl (C=O) groups excluding carboxylic acids is 1. The van der Waals surface area contributed by atoms with Crippen LogP contribution in [0.5, 0.6) is 5.75 Å². The van der Waals surface area contributed by atoms with E-state index in [0.29, 0.717) is 30.9 Å². The predicted octanol–water partition coefficient (Wildman–Crippen LogP) is 3.34. The van der Waals surface area contributed by atoms with Crippen LogP contribution >= 0.6 is 11.3 Å². The fourth-order valence-corrected chi connectivity index (χ4v) is 5.96. The molecule has 7 nitrogen and oxygen atoms in total. The van der Waals surface area contributed by atoms with Crippen molar-refractivity contribution in [2.24, 2.45) is 0 Å². The number of nitrogens with one attached hydrogen (secondary N) is 1. The van der Waals surface area contributed by atoms with Crippen LogP contribution in [-0.4, -0.2) is 71.9 Å². The molecule has 3 heterocycles. The predicted molar refractivity (Wildman–Crippen MR) is 136 cm³/mol. The summed E-state index contributed by atoms with van der Waals surface area (Å²) in [5.74, 6) is 0.166. The smallest absolute Gasteiger partial charge is 0.244 e. The van der Waals surface area contributed by atoms with Crippen molar-refractivity contribution in [2.45, 2.75) is 44.4 Å². The maximum Gasteiger partial charge on any atom is 0.244 e. The van der Waals surface area contributed by atoms with Crippen LogP contribution in [0.1, 0.15) is 24.3 Å². The summed E-state index contributed by atoms with van der Waals surface area (Å²) < 4.78 is 21.4. The quantitative estimate of drug-likeness (QED) is 0.496. The summed E-state index contributed by atoms with van der Waals surface area (Å²) in [5, 5.41) is 15.3. The van der Waals surface area contributed by atoms with Gasteiger partial charge in [0.1, 0.15) is 24.3 Å². The summed E-state index contributed by atoms with van der Waals surface area (Å²) in [4.78, 5) is 21.6. The molecule has 0 bridgehead atoms. The summed E-state index contributed by atoms with van der Waals surface area (Å²) in [6.07, 6.45) is 1.63. The summed E-state index contributed by atoms with van der Waals surface area (Å²) >= 11 is 1.64. The summed E-state index contributed by atoms with van der Waals surface area (Å²) in [6, 6.07) is 12.0. The second-order valence-corrected chi connectivity index (χ2v) is 10.5. The van der Waals surface area contributed by atoms with Crippen LogP contribution < -0.4 is 15.0 Å². The maximum absolute atomic E-state index is 14.4. The Labute approximate surface area is 208 Å². The number of fused-ring (bicyclic) bond motifs is 1. The number of benzene rings is 2. The number of carbonyl (C=O) groups is 1. The minimum absolute atomic E-state index is 0.105. The van der Waals surface area contributed by atoms with Gasteiger partial charge in [-0.15, -0.1) is 11.3 Å². The van der Waals surface area contributed by atoms with Crippen molar-refractivity contribution in [1.29, 1.82) is 0 Å². The van der Waals surface area contributed by atoms with Gasteiger partial charge in [0.2, 0.25) is 5.91 Å². The van der Waals surface area contributed by atoms with Gasteiger partial charge in [-0.1, -0.05) is 12.1 Å². The molecule has 2 aliphatic rings. The van der Waals surface area contributed by atoms with Gasteiger partial charge in [-0.3, -0.25) is 9.69 Å². The summed E-state index contributed by atoms with van der Waals surface area (Å²) in [6.45, 7) is 4.63. The average molecular weight is 499 g/mol. The second-order valence-electron chi connectivity index (χ2n) is 9.25. The van der Waals surface area contributed by atoms with Crippen LogP contribution in [0.15, 0.2) is 42.5 Å². The molecule has 2 aliphatic heterocycles. The monoisotopic (exact) mass is 498 g/mol. The standard InChI is InChI=1S/C26H31FN4O3S/c1-17-29-22-14-20(6-7-25(22)35-17)34-16-19(32)15-31(18-8-11-28-12-9-18)24-10-13-30(26(24)33)23-5-3-2-4-21(23)27/h2-7,14,18-19,24,28,32H,8-13,15-16H2,1H3/t19-,24-/m1/s1. The molecule has 2 N–H and O–H groups in total. The summed E-state index contributed by atoms with van der Waals surface area (Å²) in [5.41, 5.74) is 1.21. The van der Waals surface area contributed by atoms with Crippen molar-refractivity contribution in [2.75, 3.05) is 37.7 Å². The molecule has 2 fully saturated rings. The Bertz CT molecular complexity index is 1180. The Hall–Kier alpha value is -2.59. The van der Waals surface area contributed by atoms with Crippen molar-refractivity contribution in [3.8, 4) is 5.75 Å². The highest BCUT2D eigenvalue weighted by atomic mass is 32.1. The number of aryl methyl sites for hydroxylation is 1. The number of ether oxygens (including phenoxy) is 1. The molecule has 2 saturated heterocycles. The molecule has 3 aromatic rings. The lowest BCUT2D eigenvalue weighted by Crippen LogP contribution is -2.53. The van der Waals surface area contributed by atoms with Gasteiger partial charge in [0.05, 0.1) is 27.0 Å². The molecule has 2 aromatic carbocycles. The Morgan fingerprint density at radius 3 is 2.86 bits per heavy atom. The number of aliphatic hydroxyl groups excluding tert-OH is 1. The number of thiazole rings is 1. The first-order valence-corrected chi connectivity index (χ1v) is 13.0. The topological polar surface area (TPSA) is 77.9 Å². The van der Waals surface area contributed by atoms with Gasteiger partial charge in [0.25, 0.3) is 0 Å². The van der Waals surface area contributed by atoms with Crippen molar-refractivity contribution >= 4 is 33.1 Å². The molecule has 1 amide bonds. The van der Waals surface area contributed by atoms with E-state index in [-0.39, 0.29) is 24.6 Å². The van der Waals surface area contributed by atoms with Gasteiger partial charge in [0.15, 0.2) is 0 Å². The number of aromatic nitrogens is 1. The first-order chi connectivity index (χ1) is 17.0. The zero-order valence-electron chi connectivity index (χ0n) is 19.8. The Morgan fingerprint density at radius 2 is 2.06 bits per heavy atom. The molecule has 1 aromatic heterocycles. The van der Waals surface area contributed by atoms with Crippen LogP contribution in [0, 0.1) is 12.7 Å². The zero-order chi connectivity index (χ0) is 24.4. The highest BCUT2D eigenvalue weighted by Crippen LogP contribution is 2.30. The first kappa shape index (κ1) is 24.1. The molecule has 0 unspecified atom stereocenters. The Morgan fingerprint density at radius 1 is 1.26 bits per heavy atom. The highest BCUT2D eigenvalue weighted by Gasteiger charge is 2.41. The largest absolute Gasteiger partial charge is 0.491 e. The molecule has 186 valence electrons. The lowest BCUT2D eigenvalue weighted by Gasteiger charge is -2.39. The van der Waals surface area contributed by atoms with Gasteiger partial charge in [0, 0.05) is 25.2 Å². The average Bonchev–Trinajstić information content (AvgIpc) is 3.43. The zero-order valence-corrected chi connectivity index (χ0v) is 20.6. The number of hydrogen-bond donors (Lipinski definition) is 2. The number of para-hydroxylation sites is 1. The molecule has 9 heteroatoms. The third-order valence-corrected chi connectivity index (χ3v) is 7.78. The van der Waals surface area contributed by atoms with E-state index in [1.165, 1.54) is 6.07 Å². The number of nitrogens with zero attached hydrogens (tertiary/aromatic N) is 3. The van der Waals surface area contributed by atoms with Crippen LogP contribution in [0.2, 0.25) is 0 Å². The van der Waals surface area contributed by atoms with Gasteiger partial charge >= 0.3 is 0 Å². The number of halogens is 1. The fraction of sp³-hybridized carbons (Fsp3) is 0.462. The van der Waals surface area contributed by atoms with E-state index in [4.69, 9.17) is 4.74 Å². The van der Waals surface area contributed by atoms with E-state index in [9.17, 15) is 14.3 Å². The fourth-order valence-electron chi connectivity index (χ4n) is 5.15. The van der Waals surface area contributed by atoms with E-state index >= 15 is 0 Å². The number of amides is 1. The van der Waals surface area contributed by atoms with Gasteiger partial charge in [-0.2, -0.15) is 0 Å². The van der Waals surface area contributed by atoms with Gasteiger partial charge in [-0.25, -0.2) is 9.37 Å². The highest BCUT2D eigenvalue weighted by molar-refractivity contribution is 7.18. The lowest BCUT2D eigenvalue weighted by atomic mass is 10.0. The molecule has 5 rings (SSSR count). The molecular formula is C26H31FN4O3S. The Kier molecular flexibility index (Phi) is 7.29. The van der Waals surface area contributed by atoms with Crippen LogP contribution in [0.3, 0.4) is 0 Å². The van der Waals surface area contributed by atoms with Crippen molar-refractivity contribution in [1.82, 2.24) is 15.2 Å². The van der Waals surface area contributed by atoms with E-state index in [1.54, 1.807) is 34.4 Å². The maximum atomic E-state index is 14.4. The molecule has 0 saturated carbocycles. The lowest BCUT2D eigenvalue weighted by molar-refractivity contribution is -0.123. The van der Waals surface area contributed by atoms with Crippen molar-refractivity contribution in [3.63, 3.8) is 0 Å². The molecule has 35 heavy (non-hydrogen) atoms. The van der Waals surface area contributed by atoms with E-state index in [0.717, 1.165) is 41.2 Å². The molecule has 0 aliphatic carbocycles. The van der Waals surface area contributed by atoms with Crippen LogP contribution in [-0.2, 0) is 4.79 Å². The van der Waals surface area contributed by atoms with Crippen molar-refractivity contribution < 1.29 is 19.0 Å². The third kappa shape index (κ3) is 5.33. The molecular weight excluding hydrogens is 467 g/mol. The van der Waals surface area contributed by atoms with Gasteiger partial charge < -0.3 is 20.1 Å². The van der Waals surface area contributed by atoms with Crippen LogP contribution in [0.4, 0.5) is 10.1 Å². The first-order valence-electron chi connectivity index (χ1n) is 12.2. The van der Waals surface area contributed by atoms with E-state index < -0.39 is 11.9 Å². The minimum atomic E-state index is -0.770.